The molecule has 112 valence electrons. The number of rotatable bonds is 6. The number of amides is 2. The van der Waals surface area contributed by atoms with Gasteiger partial charge in [0.25, 0.3) is 5.91 Å². The summed E-state index contributed by atoms with van der Waals surface area (Å²) in [4.78, 5) is 23.1. The summed E-state index contributed by atoms with van der Waals surface area (Å²) in [7, 11) is 1.66. The largest absolute Gasteiger partial charge is 0.388 e. The van der Waals surface area contributed by atoms with Gasteiger partial charge >= 0.3 is 0 Å². The Kier molecular flexibility index (Phi) is 4.94. The van der Waals surface area contributed by atoms with Gasteiger partial charge < -0.3 is 20.7 Å². The standard InChI is InChI=1S/C14H23N3O3/c1-5-9(2)14(3,20)8-16-13(19)11-6-10(12(15)18)7-17(11)4/h6-7,9,20H,5,8H2,1-4H3,(H2,15,18)(H,16,19). The SMILES string of the molecule is CCC(C)C(C)(O)CNC(=O)c1cc(C(N)=O)cn1C. The van der Waals surface area contributed by atoms with Gasteiger partial charge in [0.2, 0.25) is 5.91 Å². The van der Waals surface area contributed by atoms with Crippen LogP contribution in [0.4, 0.5) is 0 Å². The Balaban J connectivity index is 2.75. The average Bonchev–Trinajstić information content (AvgIpc) is 2.77. The molecule has 20 heavy (non-hydrogen) atoms. The fraction of sp³-hybridized carbons (Fsp3) is 0.571. The summed E-state index contributed by atoms with van der Waals surface area (Å²) in [6.07, 6.45) is 2.32. The number of carbonyl (C=O) groups excluding carboxylic acids is 2. The topological polar surface area (TPSA) is 97.3 Å². The summed E-state index contributed by atoms with van der Waals surface area (Å²) in [5.74, 6) is -0.854. The lowest BCUT2D eigenvalue weighted by atomic mass is 9.88. The molecule has 1 rings (SSSR count). The smallest absolute Gasteiger partial charge is 0.268 e. The lowest BCUT2D eigenvalue weighted by Crippen LogP contribution is -2.45. The highest BCUT2D eigenvalue weighted by atomic mass is 16.3. The van der Waals surface area contributed by atoms with E-state index in [9.17, 15) is 14.7 Å². The number of aromatic nitrogens is 1. The molecule has 1 aromatic heterocycles. The maximum atomic E-state index is 12.1. The Labute approximate surface area is 119 Å². The van der Waals surface area contributed by atoms with Gasteiger partial charge in [-0.05, 0) is 18.9 Å². The third-order valence-corrected chi connectivity index (χ3v) is 3.80. The zero-order valence-electron chi connectivity index (χ0n) is 12.4. The monoisotopic (exact) mass is 281 g/mol. The van der Waals surface area contributed by atoms with E-state index in [2.05, 4.69) is 5.32 Å². The molecular weight excluding hydrogens is 258 g/mol. The summed E-state index contributed by atoms with van der Waals surface area (Å²) < 4.78 is 1.54. The van der Waals surface area contributed by atoms with Gasteiger partial charge in [-0.25, -0.2) is 0 Å². The quantitative estimate of drug-likeness (QED) is 0.714. The number of hydrogen-bond donors (Lipinski definition) is 3. The van der Waals surface area contributed by atoms with E-state index in [-0.39, 0.29) is 23.9 Å². The first-order valence-corrected chi connectivity index (χ1v) is 6.65. The van der Waals surface area contributed by atoms with Crippen LogP contribution in [0, 0.1) is 5.92 Å². The van der Waals surface area contributed by atoms with E-state index in [0.29, 0.717) is 5.69 Å². The second-order valence-corrected chi connectivity index (χ2v) is 5.44. The van der Waals surface area contributed by atoms with E-state index in [1.807, 2.05) is 13.8 Å². The molecule has 0 fully saturated rings. The minimum atomic E-state index is -0.970. The van der Waals surface area contributed by atoms with Crippen molar-refractivity contribution >= 4 is 11.8 Å². The zero-order chi connectivity index (χ0) is 15.5. The lowest BCUT2D eigenvalue weighted by Gasteiger charge is -2.29. The summed E-state index contributed by atoms with van der Waals surface area (Å²) in [5, 5.41) is 12.9. The molecule has 0 saturated heterocycles. The molecule has 2 atom stereocenters. The number of nitrogens with two attached hydrogens (primary N) is 1. The Morgan fingerprint density at radius 1 is 1.55 bits per heavy atom. The molecular formula is C14H23N3O3. The summed E-state index contributed by atoms with van der Waals surface area (Å²) >= 11 is 0. The van der Waals surface area contributed by atoms with Gasteiger partial charge in [-0.2, -0.15) is 0 Å². The number of nitrogens with zero attached hydrogens (tertiary/aromatic N) is 1. The van der Waals surface area contributed by atoms with E-state index >= 15 is 0 Å². The number of aryl methyl sites for hydroxylation is 1. The highest BCUT2D eigenvalue weighted by Crippen LogP contribution is 2.19. The van der Waals surface area contributed by atoms with Gasteiger partial charge in [-0.3, -0.25) is 9.59 Å². The van der Waals surface area contributed by atoms with Gasteiger partial charge in [-0.1, -0.05) is 20.3 Å². The highest BCUT2D eigenvalue weighted by molar-refractivity contribution is 5.98. The van der Waals surface area contributed by atoms with Crippen LogP contribution in [0.2, 0.25) is 0 Å². The fourth-order valence-corrected chi connectivity index (χ4v) is 1.89. The van der Waals surface area contributed by atoms with Crippen molar-refractivity contribution in [2.24, 2.45) is 18.7 Å². The van der Waals surface area contributed by atoms with Crippen LogP contribution >= 0.6 is 0 Å². The van der Waals surface area contributed by atoms with E-state index in [4.69, 9.17) is 5.73 Å². The summed E-state index contributed by atoms with van der Waals surface area (Å²) in [6, 6.07) is 1.44. The van der Waals surface area contributed by atoms with E-state index in [0.717, 1.165) is 6.42 Å². The molecule has 0 aliphatic heterocycles. The summed E-state index contributed by atoms with van der Waals surface area (Å²) in [5.41, 5.74) is 4.82. The first-order valence-electron chi connectivity index (χ1n) is 6.65. The van der Waals surface area contributed by atoms with Gasteiger partial charge in [0, 0.05) is 19.8 Å². The minimum absolute atomic E-state index is 0.0670. The molecule has 4 N–H and O–H groups in total. The van der Waals surface area contributed by atoms with Gasteiger partial charge in [-0.15, -0.1) is 0 Å². The molecule has 0 aliphatic carbocycles. The van der Waals surface area contributed by atoms with Crippen molar-refractivity contribution in [3.8, 4) is 0 Å². The highest BCUT2D eigenvalue weighted by Gasteiger charge is 2.28. The molecule has 6 nitrogen and oxygen atoms in total. The van der Waals surface area contributed by atoms with Crippen LogP contribution < -0.4 is 11.1 Å². The number of aliphatic hydroxyl groups is 1. The average molecular weight is 281 g/mol. The molecule has 0 bridgehead atoms. The first kappa shape index (κ1) is 16.2. The van der Waals surface area contributed by atoms with E-state index in [1.165, 1.54) is 16.8 Å². The van der Waals surface area contributed by atoms with Crippen LogP contribution in [0.25, 0.3) is 0 Å². The Hall–Kier alpha value is -1.82. The van der Waals surface area contributed by atoms with Gasteiger partial charge in [0.1, 0.15) is 5.69 Å². The van der Waals surface area contributed by atoms with Crippen molar-refractivity contribution in [1.82, 2.24) is 9.88 Å². The van der Waals surface area contributed by atoms with Crippen LogP contribution in [0.15, 0.2) is 12.3 Å². The minimum Gasteiger partial charge on any atom is -0.388 e. The molecule has 0 saturated carbocycles. The molecule has 0 spiro atoms. The Morgan fingerprint density at radius 2 is 2.15 bits per heavy atom. The molecule has 2 amide bonds. The maximum absolute atomic E-state index is 12.1. The third-order valence-electron chi connectivity index (χ3n) is 3.80. The molecule has 2 unspecified atom stereocenters. The van der Waals surface area contributed by atoms with E-state index in [1.54, 1.807) is 14.0 Å². The first-order chi connectivity index (χ1) is 9.19. The normalized spacial score (nSPS) is 15.4. The molecule has 0 aliphatic rings. The second-order valence-electron chi connectivity index (χ2n) is 5.44. The number of primary amides is 1. The second kappa shape index (κ2) is 6.09. The molecule has 6 heteroatoms. The number of carbonyl (C=O) groups is 2. The predicted octanol–water partition coefficient (Wildman–Crippen LogP) is 0.651. The maximum Gasteiger partial charge on any atom is 0.268 e. The zero-order valence-corrected chi connectivity index (χ0v) is 12.4. The molecule has 0 aromatic carbocycles. The molecule has 1 heterocycles. The van der Waals surface area contributed by atoms with Crippen molar-refractivity contribution < 1.29 is 14.7 Å². The van der Waals surface area contributed by atoms with Crippen molar-refractivity contribution in [3.63, 3.8) is 0 Å². The number of hydrogen-bond acceptors (Lipinski definition) is 3. The van der Waals surface area contributed by atoms with Crippen molar-refractivity contribution in [2.75, 3.05) is 6.54 Å². The van der Waals surface area contributed by atoms with Crippen molar-refractivity contribution in [2.45, 2.75) is 32.8 Å². The molecule has 1 aromatic rings. The van der Waals surface area contributed by atoms with Crippen LogP contribution in [0.5, 0.6) is 0 Å². The Morgan fingerprint density at radius 3 is 2.60 bits per heavy atom. The van der Waals surface area contributed by atoms with E-state index < -0.39 is 11.5 Å². The van der Waals surface area contributed by atoms with Crippen LogP contribution in [-0.2, 0) is 7.05 Å². The van der Waals surface area contributed by atoms with Gasteiger partial charge in [0.05, 0.1) is 11.2 Å². The molecule has 0 radical (unpaired) electrons. The Bertz CT molecular complexity index is 506. The number of nitrogens with one attached hydrogen (secondary N) is 1. The van der Waals surface area contributed by atoms with Crippen LogP contribution in [0.3, 0.4) is 0 Å². The predicted molar refractivity (Wildman–Crippen MR) is 76.3 cm³/mol. The third kappa shape index (κ3) is 3.60. The van der Waals surface area contributed by atoms with Crippen molar-refractivity contribution in [3.05, 3.63) is 23.5 Å². The van der Waals surface area contributed by atoms with Gasteiger partial charge in [0.15, 0.2) is 0 Å². The van der Waals surface area contributed by atoms with Crippen molar-refractivity contribution in [1.29, 1.82) is 0 Å². The van der Waals surface area contributed by atoms with Crippen LogP contribution in [-0.4, -0.2) is 33.6 Å². The lowest BCUT2D eigenvalue weighted by molar-refractivity contribution is 0.00584. The fourth-order valence-electron chi connectivity index (χ4n) is 1.89. The summed E-state index contributed by atoms with van der Waals surface area (Å²) in [6.45, 7) is 5.76. The van der Waals surface area contributed by atoms with Crippen LogP contribution in [0.1, 0.15) is 48.0 Å².